The van der Waals surface area contributed by atoms with Gasteiger partial charge in [-0.25, -0.2) is 4.68 Å². The van der Waals surface area contributed by atoms with E-state index in [1.165, 1.54) is 0 Å². The molecule has 1 unspecified atom stereocenters. The van der Waals surface area contributed by atoms with Crippen molar-refractivity contribution in [3.05, 3.63) is 35.5 Å². The summed E-state index contributed by atoms with van der Waals surface area (Å²) in [6.45, 7) is 1.86. The number of nitrogens with one attached hydrogen (secondary N) is 1. The van der Waals surface area contributed by atoms with Crippen LogP contribution in [0.25, 0.3) is 0 Å². The molecule has 0 spiro atoms. The lowest BCUT2D eigenvalue weighted by Gasteiger charge is -2.14. The number of methoxy groups -OCH3 is 2. The predicted octanol–water partition coefficient (Wildman–Crippen LogP) is 2.42. The van der Waals surface area contributed by atoms with Crippen molar-refractivity contribution in [2.75, 3.05) is 19.5 Å². The van der Waals surface area contributed by atoms with Crippen LogP contribution in [0, 0.1) is 18.3 Å². The first-order valence-corrected chi connectivity index (χ1v) is 6.48. The Morgan fingerprint density at radius 1 is 1.24 bits per heavy atom. The van der Waals surface area contributed by atoms with Crippen LogP contribution in [0.5, 0.6) is 11.6 Å². The lowest BCUT2D eigenvalue weighted by Crippen LogP contribution is -2.10. The highest BCUT2D eigenvalue weighted by molar-refractivity contribution is 5.52. The number of aryl methyl sites for hydroxylation is 2. The van der Waals surface area contributed by atoms with Crippen LogP contribution in [0.15, 0.2) is 24.3 Å². The number of benzene rings is 1. The normalized spacial score (nSPS) is 11.6. The molecule has 1 aromatic heterocycles. The van der Waals surface area contributed by atoms with Gasteiger partial charge in [0, 0.05) is 12.7 Å². The predicted molar refractivity (Wildman–Crippen MR) is 79.5 cm³/mol. The molecule has 0 aliphatic rings. The molecule has 1 N–H and O–H groups in total. The van der Waals surface area contributed by atoms with E-state index < -0.39 is 6.04 Å². The Labute approximate surface area is 123 Å². The van der Waals surface area contributed by atoms with E-state index in [1.807, 2.05) is 31.2 Å². The van der Waals surface area contributed by atoms with E-state index in [4.69, 9.17) is 9.47 Å². The number of anilines is 1. The molecule has 1 aromatic carbocycles. The zero-order chi connectivity index (χ0) is 15.4. The van der Waals surface area contributed by atoms with Crippen LogP contribution in [-0.2, 0) is 7.05 Å². The second-order valence-corrected chi connectivity index (χ2v) is 4.57. The largest absolute Gasteiger partial charge is 0.497 e. The summed E-state index contributed by atoms with van der Waals surface area (Å²) in [6, 6.07) is 9.11. The summed E-state index contributed by atoms with van der Waals surface area (Å²) in [7, 11) is 4.98. The molecular formula is C15H18N4O2. The summed E-state index contributed by atoms with van der Waals surface area (Å²) >= 11 is 0. The molecule has 0 aliphatic carbocycles. The molecule has 2 rings (SSSR count). The van der Waals surface area contributed by atoms with Crippen LogP contribution < -0.4 is 14.8 Å². The standard InChI is InChI=1S/C15H18N4O2/c1-10-14(15(21-4)19(2)18-10)13(9-16)17-11-5-7-12(20-3)8-6-11/h5-8,13,17H,1-4H3. The van der Waals surface area contributed by atoms with Gasteiger partial charge in [0.05, 0.1) is 31.5 Å². The first kappa shape index (κ1) is 14.7. The van der Waals surface area contributed by atoms with Crippen LogP contribution >= 0.6 is 0 Å². The van der Waals surface area contributed by atoms with Gasteiger partial charge >= 0.3 is 0 Å². The molecule has 6 heteroatoms. The molecule has 1 heterocycles. The zero-order valence-corrected chi connectivity index (χ0v) is 12.5. The lowest BCUT2D eigenvalue weighted by molar-refractivity contribution is 0.369. The van der Waals surface area contributed by atoms with Gasteiger partial charge in [-0.05, 0) is 31.2 Å². The van der Waals surface area contributed by atoms with Crippen molar-refractivity contribution < 1.29 is 9.47 Å². The molecule has 0 aliphatic heterocycles. The van der Waals surface area contributed by atoms with E-state index in [0.717, 1.165) is 22.7 Å². The molecule has 0 saturated carbocycles. The van der Waals surface area contributed by atoms with Crippen molar-refractivity contribution in [3.8, 4) is 17.7 Å². The second-order valence-electron chi connectivity index (χ2n) is 4.57. The molecule has 110 valence electrons. The lowest BCUT2D eigenvalue weighted by atomic mass is 10.1. The van der Waals surface area contributed by atoms with Crippen LogP contribution in [0.4, 0.5) is 5.69 Å². The molecule has 1 atom stereocenters. The van der Waals surface area contributed by atoms with Crippen molar-refractivity contribution in [1.82, 2.24) is 9.78 Å². The fraction of sp³-hybridized carbons (Fsp3) is 0.333. The fourth-order valence-electron chi connectivity index (χ4n) is 2.25. The first-order chi connectivity index (χ1) is 10.1. The van der Waals surface area contributed by atoms with Crippen molar-refractivity contribution >= 4 is 5.69 Å². The Hall–Kier alpha value is -2.68. The van der Waals surface area contributed by atoms with E-state index >= 15 is 0 Å². The summed E-state index contributed by atoms with van der Waals surface area (Å²) in [5.41, 5.74) is 2.34. The third-order valence-electron chi connectivity index (χ3n) is 3.23. The summed E-state index contributed by atoms with van der Waals surface area (Å²) < 4.78 is 12.1. The van der Waals surface area contributed by atoms with Crippen LogP contribution in [-0.4, -0.2) is 24.0 Å². The van der Waals surface area contributed by atoms with Gasteiger partial charge in [-0.3, -0.25) is 0 Å². The number of hydrogen-bond acceptors (Lipinski definition) is 5. The zero-order valence-electron chi connectivity index (χ0n) is 12.5. The quantitative estimate of drug-likeness (QED) is 0.914. The molecular weight excluding hydrogens is 268 g/mol. The maximum atomic E-state index is 9.47. The van der Waals surface area contributed by atoms with Gasteiger partial charge in [0.1, 0.15) is 11.8 Å². The van der Waals surface area contributed by atoms with E-state index in [1.54, 1.807) is 25.9 Å². The van der Waals surface area contributed by atoms with Crippen molar-refractivity contribution in [2.45, 2.75) is 13.0 Å². The number of aromatic nitrogens is 2. The molecule has 0 radical (unpaired) electrons. The van der Waals surface area contributed by atoms with E-state index in [2.05, 4.69) is 16.5 Å². The van der Waals surface area contributed by atoms with Gasteiger partial charge in [-0.15, -0.1) is 0 Å². The van der Waals surface area contributed by atoms with E-state index in [9.17, 15) is 5.26 Å². The highest BCUT2D eigenvalue weighted by Crippen LogP contribution is 2.30. The average molecular weight is 286 g/mol. The molecule has 0 saturated heterocycles. The summed E-state index contributed by atoms with van der Waals surface area (Å²) in [5, 5.41) is 16.9. The maximum absolute atomic E-state index is 9.47. The maximum Gasteiger partial charge on any atom is 0.218 e. The molecule has 0 bridgehead atoms. The third kappa shape index (κ3) is 2.92. The minimum Gasteiger partial charge on any atom is -0.497 e. The Bertz CT molecular complexity index is 656. The number of hydrogen-bond donors (Lipinski definition) is 1. The molecule has 6 nitrogen and oxygen atoms in total. The Kier molecular flexibility index (Phi) is 4.33. The van der Waals surface area contributed by atoms with Crippen LogP contribution in [0.3, 0.4) is 0 Å². The summed E-state index contributed by atoms with van der Waals surface area (Å²) in [5.74, 6) is 1.35. The minimum absolute atomic E-state index is 0.540. The first-order valence-electron chi connectivity index (χ1n) is 6.48. The van der Waals surface area contributed by atoms with Gasteiger partial charge in [-0.2, -0.15) is 10.4 Å². The SMILES string of the molecule is COc1ccc(NC(C#N)c2c(C)nn(C)c2OC)cc1. The monoisotopic (exact) mass is 286 g/mol. The number of rotatable bonds is 5. The number of ether oxygens (including phenoxy) is 2. The van der Waals surface area contributed by atoms with Crippen molar-refractivity contribution in [2.24, 2.45) is 7.05 Å². The van der Waals surface area contributed by atoms with E-state index in [0.29, 0.717) is 5.88 Å². The molecule has 0 fully saturated rings. The highest BCUT2D eigenvalue weighted by atomic mass is 16.5. The van der Waals surface area contributed by atoms with Gasteiger partial charge in [-0.1, -0.05) is 0 Å². The smallest absolute Gasteiger partial charge is 0.218 e. The minimum atomic E-state index is -0.540. The Morgan fingerprint density at radius 3 is 2.43 bits per heavy atom. The fourth-order valence-corrected chi connectivity index (χ4v) is 2.25. The van der Waals surface area contributed by atoms with E-state index in [-0.39, 0.29) is 0 Å². The Balaban J connectivity index is 2.30. The third-order valence-corrected chi connectivity index (χ3v) is 3.23. The summed E-state index contributed by atoms with van der Waals surface area (Å²) in [4.78, 5) is 0. The average Bonchev–Trinajstić information content (AvgIpc) is 2.79. The number of nitrogens with zero attached hydrogens (tertiary/aromatic N) is 3. The van der Waals surface area contributed by atoms with Crippen LogP contribution in [0.2, 0.25) is 0 Å². The van der Waals surface area contributed by atoms with Gasteiger partial charge in [0.2, 0.25) is 5.88 Å². The molecule has 0 amide bonds. The molecule has 21 heavy (non-hydrogen) atoms. The Morgan fingerprint density at radius 2 is 1.90 bits per heavy atom. The number of nitriles is 1. The highest BCUT2D eigenvalue weighted by Gasteiger charge is 2.23. The topological polar surface area (TPSA) is 72.1 Å². The van der Waals surface area contributed by atoms with Gasteiger partial charge in [0.15, 0.2) is 0 Å². The van der Waals surface area contributed by atoms with Crippen LogP contribution in [0.1, 0.15) is 17.3 Å². The summed E-state index contributed by atoms with van der Waals surface area (Å²) in [6.07, 6.45) is 0. The second kappa shape index (κ2) is 6.18. The van der Waals surface area contributed by atoms with Crippen molar-refractivity contribution in [3.63, 3.8) is 0 Å². The molecule has 2 aromatic rings. The van der Waals surface area contributed by atoms with Gasteiger partial charge in [0.25, 0.3) is 0 Å². The van der Waals surface area contributed by atoms with Crippen molar-refractivity contribution in [1.29, 1.82) is 5.26 Å². The van der Waals surface area contributed by atoms with Gasteiger partial charge < -0.3 is 14.8 Å².